The molecule has 112 valence electrons. The molecule has 0 saturated heterocycles. The van der Waals surface area contributed by atoms with Crippen molar-refractivity contribution in [3.63, 3.8) is 0 Å². The Morgan fingerprint density at radius 1 is 1.10 bits per heavy atom. The van der Waals surface area contributed by atoms with Crippen molar-refractivity contribution in [3.05, 3.63) is 41.0 Å². The van der Waals surface area contributed by atoms with Crippen molar-refractivity contribution >= 4 is 5.82 Å². The number of anilines is 1. The normalized spacial score (nSPS) is 12.0. The zero-order valence-electron chi connectivity index (χ0n) is 10.7. The first-order valence-corrected chi connectivity index (χ1v) is 5.79. The fourth-order valence-electron chi connectivity index (χ4n) is 1.91. The van der Waals surface area contributed by atoms with Crippen LogP contribution in [0, 0.1) is 6.92 Å². The molecule has 0 atom stereocenters. The van der Waals surface area contributed by atoms with E-state index >= 15 is 0 Å². The van der Waals surface area contributed by atoms with Crippen LogP contribution < -0.4 is 5.73 Å². The number of benzene rings is 1. The number of hydrogen-bond acceptors (Lipinski definition) is 3. The lowest BCUT2D eigenvalue weighted by atomic mass is 9.99. The van der Waals surface area contributed by atoms with Gasteiger partial charge in [-0.2, -0.15) is 13.2 Å². The number of nitrogens with two attached hydrogens (primary N) is 1. The van der Waals surface area contributed by atoms with E-state index in [2.05, 4.69) is 10.2 Å². The summed E-state index contributed by atoms with van der Waals surface area (Å²) in [5.41, 5.74) is 3.97. The quantitative estimate of drug-likeness (QED) is 0.853. The number of aryl methyl sites for hydroxylation is 1. The summed E-state index contributed by atoms with van der Waals surface area (Å²) >= 11 is 0. The average Bonchev–Trinajstić information content (AvgIpc) is 2.37. The molecule has 1 aromatic carbocycles. The fraction of sp³-hybridized carbons (Fsp3) is 0.231. The van der Waals surface area contributed by atoms with Crippen LogP contribution in [0.3, 0.4) is 0 Å². The highest BCUT2D eigenvalue weighted by Crippen LogP contribution is 2.37. The van der Waals surface area contributed by atoms with E-state index in [0.717, 1.165) is 12.1 Å². The first-order valence-electron chi connectivity index (χ1n) is 5.79. The molecule has 0 aliphatic heterocycles. The lowest BCUT2D eigenvalue weighted by Crippen LogP contribution is -2.07. The van der Waals surface area contributed by atoms with Gasteiger partial charge >= 0.3 is 6.18 Å². The van der Waals surface area contributed by atoms with E-state index < -0.39 is 23.7 Å². The molecule has 2 rings (SSSR count). The second-order valence-corrected chi connectivity index (χ2v) is 4.40. The predicted octanol–water partition coefficient (Wildman–Crippen LogP) is 3.99. The van der Waals surface area contributed by atoms with Crippen molar-refractivity contribution in [1.29, 1.82) is 0 Å². The lowest BCUT2D eigenvalue weighted by molar-refractivity contribution is -0.137. The van der Waals surface area contributed by atoms with Gasteiger partial charge in [-0.1, -0.05) is 6.07 Å². The van der Waals surface area contributed by atoms with E-state index in [1.54, 1.807) is 6.92 Å². The Hall–Kier alpha value is -2.25. The standard InChI is InChI=1S/C13H10F5N3/c1-6-4-10(19)20-21-11(6)8-3-2-7(13(16,17)18)5-9(8)12(14)15/h2-5,12H,1H3,(H2,19,20). The molecule has 0 aliphatic rings. The minimum atomic E-state index is -4.69. The van der Waals surface area contributed by atoms with Gasteiger partial charge < -0.3 is 5.73 Å². The minimum Gasteiger partial charge on any atom is -0.382 e. The van der Waals surface area contributed by atoms with Crippen LogP contribution in [-0.4, -0.2) is 10.2 Å². The third-order valence-electron chi connectivity index (χ3n) is 2.87. The summed E-state index contributed by atoms with van der Waals surface area (Å²) in [6.45, 7) is 1.56. The van der Waals surface area contributed by atoms with E-state index in [-0.39, 0.29) is 17.1 Å². The van der Waals surface area contributed by atoms with Crippen LogP contribution in [0.2, 0.25) is 0 Å². The summed E-state index contributed by atoms with van der Waals surface area (Å²) in [6.07, 6.45) is -7.76. The van der Waals surface area contributed by atoms with E-state index in [1.165, 1.54) is 6.07 Å². The Morgan fingerprint density at radius 2 is 1.76 bits per heavy atom. The predicted molar refractivity (Wildman–Crippen MR) is 66.6 cm³/mol. The van der Waals surface area contributed by atoms with E-state index in [4.69, 9.17) is 5.73 Å². The first-order chi connectivity index (χ1) is 9.70. The molecule has 0 radical (unpaired) electrons. The molecule has 0 spiro atoms. The average molecular weight is 303 g/mol. The molecule has 21 heavy (non-hydrogen) atoms. The van der Waals surface area contributed by atoms with Crippen molar-refractivity contribution in [2.24, 2.45) is 0 Å². The molecule has 1 aromatic heterocycles. The van der Waals surface area contributed by atoms with Crippen LogP contribution in [0.25, 0.3) is 11.3 Å². The van der Waals surface area contributed by atoms with Crippen LogP contribution in [0.5, 0.6) is 0 Å². The van der Waals surface area contributed by atoms with Gasteiger partial charge in [-0.15, -0.1) is 10.2 Å². The van der Waals surface area contributed by atoms with Gasteiger partial charge in [0.25, 0.3) is 6.43 Å². The summed E-state index contributed by atoms with van der Waals surface area (Å²) in [6, 6.07) is 3.54. The molecular weight excluding hydrogens is 293 g/mol. The summed E-state index contributed by atoms with van der Waals surface area (Å²) in [5, 5.41) is 7.24. The zero-order chi connectivity index (χ0) is 15.8. The van der Waals surface area contributed by atoms with Gasteiger partial charge in [0.2, 0.25) is 0 Å². The number of hydrogen-bond donors (Lipinski definition) is 1. The number of aromatic nitrogens is 2. The number of halogens is 5. The van der Waals surface area contributed by atoms with Gasteiger partial charge in [-0.25, -0.2) is 8.78 Å². The molecule has 3 nitrogen and oxygen atoms in total. The second kappa shape index (κ2) is 5.27. The highest BCUT2D eigenvalue weighted by atomic mass is 19.4. The summed E-state index contributed by atoms with van der Waals surface area (Å²) in [4.78, 5) is 0. The molecule has 0 aliphatic carbocycles. The van der Waals surface area contributed by atoms with Crippen molar-refractivity contribution in [2.45, 2.75) is 19.5 Å². The van der Waals surface area contributed by atoms with Gasteiger partial charge in [-0.05, 0) is 30.7 Å². The van der Waals surface area contributed by atoms with Crippen LogP contribution in [0.4, 0.5) is 27.8 Å². The molecule has 0 fully saturated rings. The first kappa shape index (κ1) is 15.1. The van der Waals surface area contributed by atoms with E-state index in [0.29, 0.717) is 11.6 Å². The Balaban J connectivity index is 2.63. The van der Waals surface area contributed by atoms with Gasteiger partial charge in [0.15, 0.2) is 0 Å². The molecule has 8 heteroatoms. The van der Waals surface area contributed by atoms with Crippen molar-refractivity contribution in [3.8, 4) is 11.3 Å². The number of rotatable bonds is 2. The molecule has 0 bridgehead atoms. The van der Waals surface area contributed by atoms with Gasteiger partial charge in [-0.3, -0.25) is 0 Å². The van der Waals surface area contributed by atoms with Gasteiger partial charge in [0.1, 0.15) is 5.82 Å². The summed E-state index contributed by atoms with van der Waals surface area (Å²) < 4.78 is 63.9. The molecule has 2 N–H and O–H groups in total. The van der Waals surface area contributed by atoms with Gasteiger partial charge in [0.05, 0.1) is 11.3 Å². The SMILES string of the molecule is Cc1cc(N)nnc1-c1ccc(C(F)(F)F)cc1C(F)F. The van der Waals surface area contributed by atoms with Crippen molar-refractivity contribution in [1.82, 2.24) is 10.2 Å². The number of nitrogen functional groups attached to an aromatic ring is 1. The topological polar surface area (TPSA) is 51.8 Å². The number of nitrogens with zero attached hydrogens (tertiary/aromatic N) is 2. The highest BCUT2D eigenvalue weighted by molar-refractivity contribution is 5.68. The Kier molecular flexibility index (Phi) is 3.80. The molecular formula is C13H10F5N3. The lowest BCUT2D eigenvalue weighted by Gasteiger charge is -2.14. The van der Waals surface area contributed by atoms with E-state index in [1.807, 2.05) is 0 Å². The Bertz CT molecular complexity index is 667. The van der Waals surface area contributed by atoms with E-state index in [9.17, 15) is 22.0 Å². The molecule has 1 heterocycles. The third-order valence-corrected chi connectivity index (χ3v) is 2.87. The molecule has 0 unspecified atom stereocenters. The molecule has 0 amide bonds. The maximum Gasteiger partial charge on any atom is 0.416 e. The second-order valence-electron chi connectivity index (χ2n) is 4.40. The van der Waals surface area contributed by atoms with Crippen LogP contribution in [-0.2, 0) is 6.18 Å². The van der Waals surface area contributed by atoms with Gasteiger partial charge in [0, 0.05) is 11.1 Å². The zero-order valence-corrected chi connectivity index (χ0v) is 10.7. The minimum absolute atomic E-state index is 0.0771. The molecule has 0 saturated carbocycles. The fourth-order valence-corrected chi connectivity index (χ4v) is 1.91. The maximum absolute atomic E-state index is 13.1. The van der Waals surface area contributed by atoms with Crippen molar-refractivity contribution in [2.75, 3.05) is 5.73 Å². The maximum atomic E-state index is 13.1. The van der Waals surface area contributed by atoms with Crippen LogP contribution in [0.1, 0.15) is 23.1 Å². The monoisotopic (exact) mass is 303 g/mol. The summed E-state index contributed by atoms with van der Waals surface area (Å²) in [5.74, 6) is 0.0989. The Morgan fingerprint density at radius 3 is 2.29 bits per heavy atom. The summed E-state index contributed by atoms with van der Waals surface area (Å²) in [7, 11) is 0. The van der Waals surface area contributed by atoms with Crippen LogP contribution >= 0.6 is 0 Å². The van der Waals surface area contributed by atoms with Crippen molar-refractivity contribution < 1.29 is 22.0 Å². The molecule has 2 aromatic rings. The van der Waals surface area contributed by atoms with Crippen LogP contribution in [0.15, 0.2) is 24.3 Å². The third kappa shape index (κ3) is 3.09. The number of alkyl halides is 5. The smallest absolute Gasteiger partial charge is 0.382 e. The largest absolute Gasteiger partial charge is 0.416 e. The Labute approximate surface area is 116 Å². The highest BCUT2D eigenvalue weighted by Gasteiger charge is 2.32.